The van der Waals surface area contributed by atoms with Gasteiger partial charge < -0.3 is 56.5 Å². The van der Waals surface area contributed by atoms with Gasteiger partial charge in [0.25, 0.3) is 23.6 Å². The van der Waals surface area contributed by atoms with E-state index < -0.39 is 11.8 Å². The molecule has 67 heavy (non-hydrogen) atoms. The third-order valence-corrected chi connectivity index (χ3v) is 9.36. The quantitative estimate of drug-likeness (QED) is 0.0340. The lowest BCUT2D eigenvalue weighted by Gasteiger charge is -2.07. The molecule has 21 N–H and O–H groups in total. The van der Waals surface area contributed by atoms with E-state index in [4.69, 9.17) is 74.5 Å². The number of amidine groups is 1. The van der Waals surface area contributed by atoms with Gasteiger partial charge in [0.2, 0.25) is 0 Å². The Labute approximate surface area is 409 Å². The van der Waals surface area contributed by atoms with Gasteiger partial charge in [0.05, 0.1) is 5.84 Å². The number of amides is 4. The zero-order chi connectivity index (χ0) is 47.9. The number of carbonyl (C=O) groups excluding carboxylic acids is 4. The molecule has 4 rings (SSSR count). The standard InChI is InChI=1S/C21H29ClN10O2.C19H26ClN9O2.2ClH/c22-16-18(26)31-17(25)15(30-16)20(34)32-21(27)29-10-2-1-4-12-6-8-13(9-7-12)19(33)28-11-3-5-14(23)24;20-14-16(23)28-15(22)13(27-14)18(31)29-19(24)26-9-2-1-3-11-4-6-12(7-5-11)17(30)25-10-8-21;;/h6-9H,1-5,10-11H2,(H3,23,24)(H,28,33)(H4,25,26,31)(H3,27,29,32,34);4-7H,1-3,8-10,21H2,(H,25,30)(H4,22,23,28)(H3,24,26,29,31);2*1H. The average Bonchev–Trinajstić information content (AvgIpc) is 3.27. The molecule has 2 aromatic heterocycles. The van der Waals surface area contributed by atoms with E-state index in [0.717, 1.165) is 49.7 Å². The average molecular weight is 1010 g/mol. The molecule has 0 saturated heterocycles. The number of rotatable bonds is 20. The van der Waals surface area contributed by atoms with E-state index in [-0.39, 0.29) is 99.3 Å². The molecule has 0 aliphatic rings. The topological polar surface area (TPSA) is 425 Å². The second kappa shape index (κ2) is 30.4. The molecule has 0 saturated carbocycles. The number of benzene rings is 2. The Morgan fingerprint density at radius 1 is 0.552 bits per heavy atom. The van der Waals surface area contributed by atoms with Crippen LogP contribution in [0.4, 0.5) is 23.3 Å². The van der Waals surface area contributed by atoms with Crippen molar-refractivity contribution < 1.29 is 19.2 Å². The van der Waals surface area contributed by atoms with Crippen molar-refractivity contribution in [1.82, 2.24) is 41.2 Å². The molecule has 4 amide bonds. The van der Waals surface area contributed by atoms with Crippen LogP contribution in [-0.2, 0) is 12.8 Å². The lowest BCUT2D eigenvalue weighted by atomic mass is 10.1. The van der Waals surface area contributed by atoms with Crippen molar-refractivity contribution in [3.05, 3.63) is 92.5 Å². The Kier molecular flexibility index (Phi) is 26.4. The van der Waals surface area contributed by atoms with Gasteiger partial charge in [0.1, 0.15) is 0 Å². The summed E-state index contributed by atoms with van der Waals surface area (Å²) in [5.74, 6) is -2.14. The summed E-state index contributed by atoms with van der Waals surface area (Å²) >= 11 is 11.5. The molecular weight excluding hydrogens is 952 g/mol. The molecular formula is C40H57Cl4N19O4. The number of unbranched alkanes of at least 4 members (excludes halogenated alkanes) is 2. The Bertz CT molecular complexity index is 2340. The van der Waals surface area contributed by atoms with Crippen LogP contribution in [0, 0.1) is 5.41 Å². The minimum atomic E-state index is -0.684. The summed E-state index contributed by atoms with van der Waals surface area (Å²) in [5.41, 5.74) is 47.4. The first kappa shape index (κ1) is 58.2. The molecule has 4 aromatic rings. The number of carbonyl (C=O) groups is 4. The predicted octanol–water partition coefficient (Wildman–Crippen LogP) is 1.70. The smallest absolute Gasteiger partial charge is 0.280 e. The Hall–Kier alpha value is -6.79. The molecule has 0 spiro atoms. The number of aryl methyl sites for hydroxylation is 2. The number of guanidine groups is 2. The molecule has 0 bridgehead atoms. The van der Waals surface area contributed by atoms with E-state index in [1.165, 1.54) is 0 Å². The van der Waals surface area contributed by atoms with Crippen LogP contribution in [0.1, 0.15) is 91.3 Å². The molecule has 364 valence electrons. The van der Waals surface area contributed by atoms with E-state index in [0.29, 0.717) is 56.7 Å². The first-order chi connectivity index (χ1) is 31.0. The van der Waals surface area contributed by atoms with Gasteiger partial charge >= 0.3 is 0 Å². The highest BCUT2D eigenvalue weighted by Gasteiger charge is 2.18. The molecule has 0 aliphatic carbocycles. The van der Waals surface area contributed by atoms with Crippen molar-refractivity contribution in [3.8, 4) is 0 Å². The minimum Gasteiger partial charge on any atom is -0.388 e. The van der Waals surface area contributed by atoms with E-state index in [9.17, 15) is 19.2 Å². The second-order valence-electron chi connectivity index (χ2n) is 13.9. The highest BCUT2D eigenvalue weighted by Crippen LogP contribution is 2.18. The lowest BCUT2D eigenvalue weighted by Crippen LogP contribution is -2.38. The van der Waals surface area contributed by atoms with Crippen molar-refractivity contribution in [1.29, 1.82) is 5.41 Å². The molecule has 0 unspecified atom stereocenters. The summed E-state index contributed by atoms with van der Waals surface area (Å²) in [6.07, 6.45) is 5.91. The van der Waals surface area contributed by atoms with Gasteiger partial charge in [-0.2, -0.15) is 0 Å². The van der Waals surface area contributed by atoms with Crippen LogP contribution in [0.5, 0.6) is 0 Å². The second-order valence-corrected chi connectivity index (χ2v) is 14.7. The predicted molar refractivity (Wildman–Crippen MR) is 268 cm³/mol. The maximum atomic E-state index is 12.2. The van der Waals surface area contributed by atoms with Gasteiger partial charge in [0, 0.05) is 50.3 Å². The summed E-state index contributed by atoms with van der Waals surface area (Å²) in [6.45, 7) is 2.15. The SMILES string of the molecule is Cl.Cl.N=C(N)CCCNC(=O)c1ccc(CCCCN=C(N)NC(=O)c2nc(Cl)c(N)nc2N)cc1.NCCNC(=O)c1ccc(CCCCN=C(N)NC(=O)c2nc(Cl)c(N)nc2N)cc1. The molecule has 23 nitrogen and oxygen atoms in total. The number of nitrogens with zero attached hydrogens (tertiary/aromatic N) is 6. The lowest BCUT2D eigenvalue weighted by molar-refractivity contribution is 0.0946. The van der Waals surface area contributed by atoms with Crippen LogP contribution >= 0.6 is 48.0 Å². The summed E-state index contributed by atoms with van der Waals surface area (Å²) in [4.78, 5) is 71.6. The Balaban J connectivity index is 0.000000653. The van der Waals surface area contributed by atoms with E-state index in [1.54, 1.807) is 24.3 Å². The molecule has 2 heterocycles. The van der Waals surface area contributed by atoms with Crippen LogP contribution < -0.4 is 67.1 Å². The molecule has 0 radical (unpaired) electrons. The first-order valence-electron chi connectivity index (χ1n) is 20.2. The van der Waals surface area contributed by atoms with E-state index >= 15 is 0 Å². The zero-order valence-electron chi connectivity index (χ0n) is 36.3. The maximum Gasteiger partial charge on any atom is 0.280 e. The van der Waals surface area contributed by atoms with Crippen LogP contribution in [-0.4, -0.2) is 94.0 Å². The first-order valence-corrected chi connectivity index (χ1v) is 20.9. The molecule has 0 atom stereocenters. The third-order valence-electron chi connectivity index (χ3n) is 8.81. The van der Waals surface area contributed by atoms with Crippen molar-refractivity contribution >= 4 is 113 Å². The Morgan fingerprint density at radius 2 is 0.940 bits per heavy atom. The summed E-state index contributed by atoms with van der Waals surface area (Å²) < 4.78 is 0. The van der Waals surface area contributed by atoms with Crippen LogP contribution in [0.3, 0.4) is 0 Å². The minimum absolute atomic E-state index is 0. The molecule has 27 heteroatoms. The van der Waals surface area contributed by atoms with Crippen molar-refractivity contribution in [2.45, 2.75) is 51.4 Å². The fourth-order valence-electron chi connectivity index (χ4n) is 5.44. The summed E-state index contributed by atoms with van der Waals surface area (Å²) in [5, 5.41) is 17.2. The number of nitrogens with two attached hydrogens (primary N) is 8. The number of hydrogen-bond donors (Lipinski definition) is 13. The van der Waals surface area contributed by atoms with Gasteiger partial charge in [-0.1, -0.05) is 47.5 Å². The fraction of sp³-hybridized carbons (Fsp3) is 0.325. The molecule has 2 aromatic carbocycles. The van der Waals surface area contributed by atoms with E-state index in [2.05, 4.69) is 51.2 Å². The van der Waals surface area contributed by atoms with Gasteiger partial charge in [-0.15, -0.1) is 24.8 Å². The number of hydrogen-bond acceptors (Lipinski definition) is 16. The number of nitrogens with one attached hydrogen (secondary N) is 5. The number of aliphatic imine (C=N–C) groups is 2. The summed E-state index contributed by atoms with van der Waals surface area (Å²) in [7, 11) is 0. The normalized spacial score (nSPS) is 10.9. The van der Waals surface area contributed by atoms with Gasteiger partial charge in [-0.25, -0.2) is 19.9 Å². The number of halogens is 4. The Morgan fingerprint density at radius 3 is 1.31 bits per heavy atom. The fourth-order valence-corrected chi connectivity index (χ4v) is 5.70. The molecule has 0 fully saturated rings. The number of anilines is 4. The van der Waals surface area contributed by atoms with Crippen LogP contribution in [0.25, 0.3) is 0 Å². The van der Waals surface area contributed by atoms with Crippen molar-refractivity contribution in [2.24, 2.45) is 32.9 Å². The number of nitrogen functional groups attached to an aromatic ring is 4. The summed E-state index contributed by atoms with van der Waals surface area (Å²) in [6, 6.07) is 14.8. The largest absolute Gasteiger partial charge is 0.388 e. The number of aromatic nitrogens is 4. The molecule has 0 aliphatic heterocycles. The van der Waals surface area contributed by atoms with Gasteiger partial charge in [-0.3, -0.25) is 45.2 Å². The van der Waals surface area contributed by atoms with Crippen LogP contribution in [0.2, 0.25) is 10.3 Å². The van der Waals surface area contributed by atoms with Gasteiger partial charge in [-0.05, 0) is 80.3 Å². The van der Waals surface area contributed by atoms with Crippen molar-refractivity contribution in [3.63, 3.8) is 0 Å². The third kappa shape index (κ3) is 20.9. The monoisotopic (exact) mass is 1010 g/mol. The van der Waals surface area contributed by atoms with Crippen molar-refractivity contribution in [2.75, 3.05) is 55.7 Å². The zero-order valence-corrected chi connectivity index (χ0v) is 39.5. The highest BCUT2D eigenvalue weighted by molar-refractivity contribution is 6.32. The van der Waals surface area contributed by atoms with Gasteiger partial charge in [0.15, 0.2) is 56.9 Å². The van der Waals surface area contributed by atoms with Crippen LogP contribution in [0.15, 0.2) is 58.5 Å². The van der Waals surface area contributed by atoms with E-state index in [1.807, 2.05) is 24.3 Å². The highest BCUT2D eigenvalue weighted by atomic mass is 35.5. The maximum absolute atomic E-state index is 12.2.